The lowest BCUT2D eigenvalue weighted by atomic mass is 9.76. The Morgan fingerprint density at radius 1 is 1.46 bits per heavy atom. The lowest BCUT2D eigenvalue weighted by Crippen LogP contribution is -2.43. The molecule has 13 heavy (non-hydrogen) atoms. The molecule has 0 unspecified atom stereocenters. The summed E-state index contributed by atoms with van der Waals surface area (Å²) in [7, 11) is 0. The van der Waals surface area contributed by atoms with Gasteiger partial charge in [-0.25, -0.2) is 4.79 Å². The van der Waals surface area contributed by atoms with Gasteiger partial charge >= 0.3 is 6.09 Å². The van der Waals surface area contributed by atoms with Crippen LogP contribution in [0.15, 0.2) is 0 Å². The molecule has 1 heterocycles. The van der Waals surface area contributed by atoms with Gasteiger partial charge in [-0.05, 0) is 24.2 Å². The number of rotatable bonds is 0. The predicted molar refractivity (Wildman–Crippen MR) is 51.8 cm³/mol. The van der Waals surface area contributed by atoms with Crippen molar-refractivity contribution in [3.05, 3.63) is 0 Å². The van der Waals surface area contributed by atoms with Crippen LogP contribution in [0.25, 0.3) is 0 Å². The van der Waals surface area contributed by atoms with E-state index in [0.717, 1.165) is 12.8 Å². The van der Waals surface area contributed by atoms with Gasteiger partial charge in [-0.3, -0.25) is 0 Å². The molecule has 0 radical (unpaired) electrons. The SMILES string of the molecule is CC(C)(C)[C@@H]1CCCN(C(=O)O)C1. The van der Waals surface area contributed by atoms with Crippen LogP contribution in [0.5, 0.6) is 0 Å². The van der Waals surface area contributed by atoms with Gasteiger partial charge in [0, 0.05) is 13.1 Å². The van der Waals surface area contributed by atoms with E-state index in [1.54, 1.807) is 4.90 Å². The highest BCUT2D eigenvalue weighted by molar-refractivity contribution is 5.65. The highest BCUT2D eigenvalue weighted by Gasteiger charge is 2.31. The number of amides is 1. The molecule has 1 saturated heterocycles. The molecule has 1 fully saturated rings. The van der Waals surface area contributed by atoms with Gasteiger partial charge in [0.1, 0.15) is 0 Å². The van der Waals surface area contributed by atoms with Crippen molar-refractivity contribution in [3.8, 4) is 0 Å². The number of hydrogen-bond donors (Lipinski definition) is 1. The Balaban J connectivity index is 2.57. The molecule has 1 aliphatic heterocycles. The van der Waals surface area contributed by atoms with Gasteiger partial charge in [0.25, 0.3) is 0 Å². The maximum atomic E-state index is 10.8. The normalized spacial score (nSPS) is 24.5. The van der Waals surface area contributed by atoms with E-state index in [1.165, 1.54) is 0 Å². The Morgan fingerprint density at radius 2 is 2.08 bits per heavy atom. The van der Waals surface area contributed by atoms with Crippen LogP contribution < -0.4 is 0 Å². The van der Waals surface area contributed by atoms with E-state index in [4.69, 9.17) is 5.11 Å². The van der Waals surface area contributed by atoms with Crippen LogP contribution in [-0.4, -0.2) is 29.2 Å². The fraction of sp³-hybridized carbons (Fsp3) is 0.900. The summed E-state index contributed by atoms with van der Waals surface area (Å²) in [4.78, 5) is 12.3. The number of carboxylic acid groups (broad SMARTS) is 1. The van der Waals surface area contributed by atoms with Crippen LogP contribution in [-0.2, 0) is 0 Å². The average molecular weight is 185 g/mol. The van der Waals surface area contributed by atoms with E-state index in [9.17, 15) is 4.79 Å². The van der Waals surface area contributed by atoms with Crippen molar-refractivity contribution in [2.75, 3.05) is 13.1 Å². The highest BCUT2D eigenvalue weighted by atomic mass is 16.4. The molecule has 0 bridgehead atoms. The molecule has 0 saturated carbocycles. The molecule has 3 heteroatoms. The second-order valence-corrected chi connectivity index (χ2v) is 4.93. The molecule has 0 aromatic carbocycles. The topological polar surface area (TPSA) is 40.5 Å². The Morgan fingerprint density at radius 3 is 2.54 bits per heavy atom. The zero-order valence-corrected chi connectivity index (χ0v) is 8.71. The maximum absolute atomic E-state index is 10.8. The standard InChI is InChI=1S/C10H19NO2/c1-10(2,3)8-5-4-6-11(7-8)9(12)13/h8H,4-7H2,1-3H3,(H,12,13)/t8-/m1/s1. The van der Waals surface area contributed by atoms with Gasteiger partial charge < -0.3 is 10.0 Å². The highest BCUT2D eigenvalue weighted by Crippen LogP contribution is 2.33. The van der Waals surface area contributed by atoms with E-state index in [1.807, 2.05) is 0 Å². The average Bonchev–Trinajstić information content (AvgIpc) is 2.03. The third-order valence-corrected chi connectivity index (χ3v) is 2.92. The third kappa shape index (κ3) is 2.61. The van der Waals surface area contributed by atoms with Gasteiger partial charge in [-0.15, -0.1) is 0 Å². The van der Waals surface area contributed by atoms with Crippen molar-refractivity contribution < 1.29 is 9.90 Å². The van der Waals surface area contributed by atoms with Crippen molar-refractivity contribution in [3.63, 3.8) is 0 Å². The van der Waals surface area contributed by atoms with Gasteiger partial charge in [-0.1, -0.05) is 20.8 Å². The van der Waals surface area contributed by atoms with Crippen molar-refractivity contribution in [2.24, 2.45) is 11.3 Å². The summed E-state index contributed by atoms with van der Waals surface area (Å²) in [6.45, 7) is 7.97. The number of carbonyl (C=O) groups is 1. The second-order valence-electron chi connectivity index (χ2n) is 4.93. The molecule has 1 atom stereocenters. The largest absolute Gasteiger partial charge is 0.465 e. The predicted octanol–water partition coefficient (Wildman–Crippen LogP) is 2.42. The Hall–Kier alpha value is -0.730. The Kier molecular flexibility index (Phi) is 2.84. The van der Waals surface area contributed by atoms with Crippen LogP contribution in [0.4, 0.5) is 4.79 Å². The van der Waals surface area contributed by atoms with Crippen molar-refractivity contribution in [2.45, 2.75) is 33.6 Å². The van der Waals surface area contributed by atoms with Crippen LogP contribution in [0, 0.1) is 11.3 Å². The summed E-state index contributed by atoms with van der Waals surface area (Å²) in [5.41, 5.74) is 0.230. The molecular formula is C10H19NO2. The van der Waals surface area contributed by atoms with Crippen LogP contribution >= 0.6 is 0 Å². The summed E-state index contributed by atoms with van der Waals surface area (Å²) in [6, 6.07) is 0. The smallest absolute Gasteiger partial charge is 0.407 e. The van der Waals surface area contributed by atoms with E-state index in [-0.39, 0.29) is 5.41 Å². The molecule has 3 nitrogen and oxygen atoms in total. The number of likely N-dealkylation sites (tertiary alicyclic amines) is 1. The number of hydrogen-bond acceptors (Lipinski definition) is 1. The first-order valence-electron chi connectivity index (χ1n) is 4.89. The summed E-state index contributed by atoms with van der Waals surface area (Å²) < 4.78 is 0. The third-order valence-electron chi connectivity index (χ3n) is 2.92. The molecule has 1 aliphatic rings. The van der Waals surface area contributed by atoms with E-state index >= 15 is 0 Å². The van der Waals surface area contributed by atoms with Crippen LogP contribution in [0.1, 0.15) is 33.6 Å². The fourth-order valence-corrected chi connectivity index (χ4v) is 1.86. The molecule has 0 spiro atoms. The maximum Gasteiger partial charge on any atom is 0.407 e. The molecule has 1 rings (SSSR count). The first kappa shape index (κ1) is 10.4. The van der Waals surface area contributed by atoms with Crippen molar-refractivity contribution >= 4 is 6.09 Å². The van der Waals surface area contributed by atoms with E-state index in [2.05, 4.69) is 20.8 Å². The molecule has 0 aliphatic carbocycles. The van der Waals surface area contributed by atoms with Gasteiger partial charge in [-0.2, -0.15) is 0 Å². The Labute approximate surface area is 79.7 Å². The van der Waals surface area contributed by atoms with Crippen molar-refractivity contribution in [1.82, 2.24) is 4.90 Å². The number of nitrogens with zero attached hydrogens (tertiary/aromatic N) is 1. The lowest BCUT2D eigenvalue weighted by Gasteiger charge is -2.38. The fourth-order valence-electron chi connectivity index (χ4n) is 1.86. The van der Waals surface area contributed by atoms with E-state index in [0.29, 0.717) is 19.0 Å². The first-order chi connectivity index (χ1) is 5.91. The minimum absolute atomic E-state index is 0.230. The van der Waals surface area contributed by atoms with Crippen LogP contribution in [0.3, 0.4) is 0 Å². The summed E-state index contributed by atoms with van der Waals surface area (Å²) in [5.74, 6) is 0.511. The minimum atomic E-state index is -0.769. The van der Waals surface area contributed by atoms with Crippen molar-refractivity contribution in [1.29, 1.82) is 0 Å². The molecule has 0 aromatic rings. The van der Waals surface area contributed by atoms with Gasteiger partial charge in [0.05, 0.1) is 0 Å². The monoisotopic (exact) mass is 185 g/mol. The molecule has 1 N–H and O–H groups in total. The zero-order valence-electron chi connectivity index (χ0n) is 8.71. The molecular weight excluding hydrogens is 166 g/mol. The van der Waals surface area contributed by atoms with Gasteiger partial charge in [0.2, 0.25) is 0 Å². The quantitative estimate of drug-likeness (QED) is 0.629. The summed E-state index contributed by atoms with van der Waals surface area (Å²) in [5, 5.41) is 8.85. The van der Waals surface area contributed by atoms with E-state index < -0.39 is 6.09 Å². The second kappa shape index (κ2) is 3.56. The molecule has 1 amide bonds. The summed E-state index contributed by atoms with van der Waals surface area (Å²) in [6.07, 6.45) is 1.40. The minimum Gasteiger partial charge on any atom is -0.465 e. The number of piperidine rings is 1. The van der Waals surface area contributed by atoms with Crippen LogP contribution in [0.2, 0.25) is 0 Å². The van der Waals surface area contributed by atoms with Gasteiger partial charge in [0.15, 0.2) is 0 Å². The first-order valence-corrected chi connectivity index (χ1v) is 4.89. The summed E-state index contributed by atoms with van der Waals surface area (Å²) >= 11 is 0. The molecule has 76 valence electrons. The zero-order chi connectivity index (χ0) is 10.1. The molecule has 0 aromatic heterocycles. The lowest BCUT2D eigenvalue weighted by molar-refractivity contribution is 0.0862. The Bertz CT molecular complexity index is 196.